The van der Waals surface area contributed by atoms with E-state index in [4.69, 9.17) is 9.47 Å². The van der Waals surface area contributed by atoms with Crippen molar-refractivity contribution in [2.24, 2.45) is 0 Å². The Bertz CT molecular complexity index is 1110. The molecule has 1 aliphatic heterocycles. The summed E-state index contributed by atoms with van der Waals surface area (Å²) in [6.45, 7) is 7.41. The number of phenols is 2. The fourth-order valence-electron chi connectivity index (χ4n) is 4.01. The van der Waals surface area contributed by atoms with E-state index < -0.39 is 5.60 Å². The van der Waals surface area contributed by atoms with Gasteiger partial charge < -0.3 is 24.6 Å². The molecule has 0 spiro atoms. The summed E-state index contributed by atoms with van der Waals surface area (Å²) in [5.74, 6) is 0.842. The van der Waals surface area contributed by atoms with Gasteiger partial charge in [-0.2, -0.15) is 0 Å². The Hall–Kier alpha value is -3.25. The predicted octanol–water partition coefficient (Wildman–Crippen LogP) is 5.76. The van der Waals surface area contributed by atoms with E-state index in [1.807, 2.05) is 44.1 Å². The Morgan fingerprint density at radius 2 is 1.91 bits per heavy atom. The molecule has 1 atom stereocenters. The Labute approximate surface area is 208 Å². The van der Waals surface area contributed by atoms with E-state index in [1.54, 1.807) is 18.2 Å². The fourth-order valence-corrected chi connectivity index (χ4v) is 4.01. The number of aromatic hydroxyl groups is 2. The molecule has 1 aliphatic rings. The molecule has 35 heavy (non-hydrogen) atoms. The molecule has 0 unspecified atom stereocenters. The third-order valence-electron chi connectivity index (χ3n) is 6.09. The Balaban J connectivity index is 1.67. The molecular weight excluding hydrogens is 442 g/mol. The van der Waals surface area contributed by atoms with Crippen LogP contribution in [0.15, 0.2) is 48.1 Å². The number of aryl methyl sites for hydroxylation is 1. The Morgan fingerprint density at radius 1 is 1.14 bits per heavy atom. The molecule has 1 heterocycles. The molecule has 0 saturated carbocycles. The summed E-state index contributed by atoms with van der Waals surface area (Å²) in [4.78, 5) is 14.9. The largest absolute Gasteiger partial charge is 0.507 e. The van der Waals surface area contributed by atoms with E-state index in [1.165, 1.54) is 11.6 Å². The molecule has 0 amide bonds. The van der Waals surface area contributed by atoms with E-state index >= 15 is 0 Å². The smallest absolute Gasteiger partial charge is 0.169 e. The van der Waals surface area contributed by atoms with E-state index in [2.05, 4.69) is 19.9 Å². The highest BCUT2D eigenvalue weighted by Gasteiger charge is 2.29. The van der Waals surface area contributed by atoms with Gasteiger partial charge in [0.15, 0.2) is 17.3 Å². The molecule has 2 aromatic rings. The van der Waals surface area contributed by atoms with Gasteiger partial charge in [0.1, 0.15) is 23.7 Å². The van der Waals surface area contributed by atoms with Crippen molar-refractivity contribution in [3.05, 3.63) is 64.7 Å². The summed E-state index contributed by atoms with van der Waals surface area (Å²) in [5.41, 5.74) is 2.74. The van der Waals surface area contributed by atoms with E-state index in [0.717, 1.165) is 30.5 Å². The number of Topliss-reactive ketones (excluding diaryl/α,β-unsaturated/α-hetero) is 1. The molecule has 0 aromatic heterocycles. The third kappa shape index (κ3) is 7.12. The summed E-state index contributed by atoms with van der Waals surface area (Å²) in [6, 6.07) is 8.24. The van der Waals surface area contributed by atoms with Crippen molar-refractivity contribution in [1.29, 1.82) is 0 Å². The van der Waals surface area contributed by atoms with Crippen LogP contribution < -0.4 is 9.47 Å². The second kappa shape index (κ2) is 11.5. The van der Waals surface area contributed by atoms with E-state index in [9.17, 15) is 15.0 Å². The van der Waals surface area contributed by atoms with E-state index in [0.29, 0.717) is 24.5 Å². The molecule has 0 bridgehead atoms. The van der Waals surface area contributed by atoms with E-state index in [-0.39, 0.29) is 29.3 Å². The minimum atomic E-state index is -0.507. The lowest BCUT2D eigenvalue weighted by Crippen LogP contribution is -2.32. The van der Waals surface area contributed by atoms with Crippen LogP contribution in [0, 0.1) is 0 Å². The van der Waals surface area contributed by atoms with Gasteiger partial charge in [0.05, 0.1) is 5.56 Å². The van der Waals surface area contributed by atoms with Crippen LogP contribution in [-0.2, 0) is 6.42 Å². The quantitative estimate of drug-likeness (QED) is 0.315. The van der Waals surface area contributed by atoms with Gasteiger partial charge in [0.2, 0.25) is 0 Å². The highest BCUT2D eigenvalue weighted by molar-refractivity contribution is 5.98. The number of fused-ring (bicyclic) bond motifs is 1. The molecule has 2 N–H and O–H groups in total. The van der Waals surface area contributed by atoms with Crippen molar-refractivity contribution in [2.45, 2.75) is 52.1 Å². The number of carbonyl (C=O) groups excluding carboxylic acids is 1. The number of allylic oxidation sites excluding steroid dienone is 2. The van der Waals surface area contributed by atoms with Crippen molar-refractivity contribution in [3.63, 3.8) is 0 Å². The Kier molecular flexibility index (Phi) is 8.62. The molecule has 3 rings (SSSR count). The van der Waals surface area contributed by atoms with Crippen LogP contribution in [0.1, 0.15) is 61.5 Å². The SMILES string of the molecule is CC(C)=CCC[C@]1(C)C=Cc2c(CCC(=O)c3ccc(OCCN(C)C)cc3O)ccc(O)c2O1. The molecule has 0 fully saturated rings. The number of nitrogens with zero attached hydrogens (tertiary/aromatic N) is 1. The summed E-state index contributed by atoms with van der Waals surface area (Å²) < 4.78 is 11.9. The van der Waals surface area contributed by atoms with Crippen LogP contribution in [0.25, 0.3) is 6.08 Å². The Morgan fingerprint density at radius 3 is 2.60 bits per heavy atom. The summed E-state index contributed by atoms with van der Waals surface area (Å²) in [5, 5.41) is 20.8. The predicted molar refractivity (Wildman–Crippen MR) is 140 cm³/mol. The topological polar surface area (TPSA) is 79.2 Å². The van der Waals surface area contributed by atoms with Gasteiger partial charge in [-0.15, -0.1) is 0 Å². The molecule has 6 heteroatoms. The van der Waals surface area contributed by atoms with Crippen LogP contribution in [0.2, 0.25) is 0 Å². The maximum Gasteiger partial charge on any atom is 0.169 e. The normalized spacial score (nSPS) is 16.5. The summed E-state index contributed by atoms with van der Waals surface area (Å²) in [6.07, 6.45) is 8.55. The van der Waals surface area contributed by atoms with Gasteiger partial charge in [0, 0.05) is 24.6 Å². The second-order valence-corrected chi connectivity index (χ2v) is 9.81. The van der Waals surface area contributed by atoms with Gasteiger partial charge >= 0.3 is 0 Å². The highest BCUT2D eigenvalue weighted by Crippen LogP contribution is 2.42. The van der Waals surface area contributed by atoms with Gasteiger partial charge in [-0.3, -0.25) is 4.79 Å². The number of likely N-dealkylation sites (N-methyl/N-ethyl adjacent to an activating group) is 1. The van der Waals surface area contributed by atoms with Gasteiger partial charge in [-0.05, 0) is 84.0 Å². The number of ketones is 1. The standard InChI is InChI=1S/C29H37NO5/c1-20(2)7-6-15-29(3)16-14-23-21(9-13-26(32)28(23)35-29)8-12-25(31)24-11-10-22(19-27(24)33)34-18-17-30(4)5/h7,9-11,13-14,16,19,32-33H,6,8,12,15,17-18H2,1-5H3/t29-/m1/s1. The highest BCUT2D eigenvalue weighted by atomic mass is 16.5. The van der Waals surface area contributed by atoms with Crippen LogP contribution in [0.3, 0.4) is 0 Å². The minimum Gasteiger partial charge on any atom is -0.507 e. The molecule has 2 aromatic carbocycles. The number of carbonyl (C=O) groups is 1. The lowest BCUT2D eigenvalue weighted by Gasteiger charge is -2.32. The minimum absolute atomic E-state index is 0.0829. The van der Waals surface area contributed by atoms with Crippen molar-refractivity contribution >= 4 is 11.9 Å². The number of rotatable bonds is 11. The zero-order chi connectivity index (χ0) is 25.6. The monoisotopic (exact) mass is 479 g/mol. The molecule has 6 nitrogen and oxygen atoms in total. The zero-order valence-corrected chi connectivity index (χ0v) is 21.4. The fraction of sp³-hybridized carbons (Fsp3) is 0.414. The van der Waals surface area contributed by atoms with Crippen molar-refractivity contribution < 1.29 is 24.5 Å². The molecule has 0 radical (unpaired) electrons. The van der Waals surface area contributed by atoms with Gasteiger partial charge in [-0.25, -0.2) is 0 Å². The van der Waals surface area contributed by atoms with Crippen molar-refractivity contribution in [1.82, 2.24) is 4.90 Å². The zero-order valence-electron chi connectivity index (χ0n) is 21.4. The second-order valence-electron chi connectivity index (χ2n) is 9.81. The number of ether oxygens (including phenoxy) is 2. The molecule has 188 valence electrons. The summed E-state index contributed by atoms with van der Waals surface area (Å²) >= 11 is 0. The molecule has 0 aliphatic carbocycles. The van der Waals surface area contributed by atoms with Crippen LogP contribution in [0.5, 0.6) is 23.0 Å². The number of benzene rings is 2. The number of hydrogen-bond donors (Lipinski definition) is 2. The maximum atomic E-state index is 12.9. The average molecular weight is 480 g/mol. The lowest BCUT2D eigenvalue weighted by atomic mass is 9.91. The lowest BCUT2D eigenvalue weighted by molar-refractivity contribution is 0.0979. The number of phenolic OH excluding ortho intramolecular Hbond substituents is 2. The molecule has 0 saturated heterocycles. The summed E-state index contributed by atoms with van der Waals surface area (Å²) in [7, 11) is 3.92. The first-order chi connectivity index (χ1) is 16.6. The van der Waals surface area contributed by atoms with Gasteiger partial charge in [0.25, 0.3) is 0 Å². The first-order valence-corrected chi connectivity index (χ1v) is 12.1. The van der Waals surface area contributed by atoms with Crippen molar-refractivity contribution in [2.75, 3.05) is 27.2 Å². The van der Waals surface area contributed by atoms with Gasteiger partial charge in [-0.1, -0.05) is 23.8 Å². The first-order valence-electron chi connectivity index (χ1n) is 12.1. The van der Waals surface area contributed by atoms with Crippen LogP contribution in [0.4, 0.5) is 0 Å². The molecular formula is C29H37NO5. The average Bonchev–Trinajstić information content (AvgIpc) is 2.78. The number of hydrogen-bond acceptors (Lipinski definition) is 6. The first kappa shape index (κ1) is 26.4. The van der Waals surface area contributed by atoms with Crippen molar-refractivity contribution in [3.8, 4) is 23.0 Å². The maximum absolute atomic E-state index is 12.9. The van der Waals surface area contributed by atoms with Crippen LogP contribution >= 0.6 is 0 Å². The third-order valence-corrected chi connectivity index (χ3v) is 6.09. The van der Waals surface area contributed by atoms with Crippen LogP contribution in [-0.4, -0.2) is 53.7 Å².